The average Bonchev–Trinajstić information content (AvgIpc) is 3.22. The van der Waals surface area contributed by atoms with E-state index in [-0.39, 0.29) is 24.6 Å². The van der Waals surface area contributed by atoms with Crippen LogP contribution in [0.15, 0.2) is 60.7 Å². The van der Waals surface area contributed by atoms with Crippen LogP contribution in [-0.2, 0) is 20.8 Å². The highest BCUT2D eigenvalue weighted by Gasteiger charge is 2.53. The molecule has 28 heavy (non-hydrogen) atoms. The Labute approximate surface area is 164 Å². The number of hydrogen-bond acceptors (Lipinski definition) is 5. The molecule has 0 aromatic heterocycles. The fourth-order valence-corrected chi connectivity index (χ4v) is 4.05. The van der Waals surface area contributed by atoms with Crippen molar-refractivity contribution in [2.75, 3.05) is 13.7 Å². The van der Waals surface area contributed by atoms with Crippen molar-refractivity contribution in [1.29, 1.82) is 0 Å². The largest absolute Gasteiger partial charge is 0.447 e. The molecule has 2 saturated heterocycles. The third-order valence-corrected chi connectivity index (χ3v) is 5.50. The molecule has 2 aromatic rings. The maximum absolute atomic E-state index is 13.4. The van der Waals surface area contributed by atoms with E-state index in [0.29, 0.717) is 12.8 Å². The van der Waals surface area contributed by atoms with Crippen molar-refractivity contribution in [3.05, 3.63) is 71.8 Å². The van der Waals surface area contributed by atoms with Gasteiger partial charge in [0.2, 0.25) is 0 Å². The summed E-state index contributed by atoms with van der Waals surface area (Å²) in [7, 11) is 1.82. The number of benzene rings is 2. The summed E-state index contributed by atoms with van der Waals surface area (Å²) in [5, 5.41) is 1.71. The molecule has 0 N–H and O–H groups in total. The number of carbonyl (C=O) groups is 2. The molecule has 6 heteroatoms. The fourth-order valence-electron chi connectivity index (χ4n) is 4.05. The Morgan fingerprint density at radius 2 is 1.75 bits per heavy atom. The van der Waals surface area contributed by atoms with Gasteiger partial charge in [0.25, 0.3) is 5.91 Å². The highest BCUT2D eigenvalue weighted by atomic mass is 16.7. The van der Waals surface area contributed by atoms with Gasteiger partial charge in [-0.2, -0.15) is 5.06 Å². The lowest BCUT2D eigenvalue weighted by Gasteiger charge is -2.28. The molecule has 4 rings (SSSR count). The first-order chi connectivity index (χ1) is 13.5. The Kier molecular flexibility index (Phi) is 4.91. The molecule has 2 aliphatic rings. The van der Waals surface area contributed by atoms with Gasteiger partial charge in [0.1, 0.15) is 6.61 Å². The highest BCUT2D eigenvalue weighted by Crippen LogP contribution is 2.41. The molecule has 0 radical (unpaired) electrons. The minimum atomic E-state index is -1.12. The number of amides is 2. The normalized spacial score (nSPS) is 27.8. The molecule has 2 amide bonds. The zero-order chi connectivity index (χ0) is 19.7. The van der Waals surface area contributed by atoms with E-state index < -0.39 is 11.7 Å². The molecule has 2 aromatic carbocycles. The highest BCUT2D eigenvalue weighted by molar-refractivity contribution is 5.98. The summed E-state index contributed by atoms with van der Waals surface area (Å²) in [5.74, 6) is -0.346. The zero-order valence-corrected chi connectivity index (χ0v) is 16.1. The maximum atomic E-state index is 13.4. The molecule has 2 heterocycles. The van der Waals surface area contributed by atoms with Gasteiger partial charge in [-0.25, -0.2) is 9.69 Å². The van der Waals surface area contributed by atoms with E-state index in [1.165, 1.54) is 4.90 Å². The van der Waals surface area contributed by atoms with E-state index >= 15 is 0 Å². The summed E-state index contributed by atoms with van der Waals surface area (Å²) in [4.78, 5) is 33.0. The number of rotatable bonds is 4. The first-order valence-corrected chi connectivity index (χ1v) is 9.49. The zero-order valence-electron chi connectivity index (χ0n) is 16.1. The van der Waals surface area contributed by atoms with Crippen molar-refractivity contribution in [2.24, 2.45) is 0 Å². The van der Waals surface area contributed by atoms with E-state index in [2.05, 4.69) is 0 Å². The minimum absolute atomic E-state index is 0.0543. The minimum Gasteiger partial charge on any atom is -0.447 e. The first kappa shape index (κ1) is 18.7. The molecular weight excluding hydrogens is 356 g/mol. The lowest BCUT2D eigenvalue weighted by molar-refractivity contribution is -0.197. The van der Waals surface area contributed by atoms with E-state index in [1.807, 2.05) is 67.7 Å². The van der Waals surface area contributed by atoms with Gasteiger partial charge in [-0.05, 0) is 24.5 Å². The third-order valence-electron chi connectivity index (χ3n) is 5.50. The van der Waals surface area contributed by atoms with Crippen LogP contribution in [0.4, 0.5) is 4.79 Å². The molecule has 6 nitrogen and oxygen atoms in total. The van der Waals surface area contributed by atoms with Crippen LogP contribution in [0.3, 0.4) is 0 Å². The van der Waals surface area contributed by atoms with Crippen LogP contribution in [0.1, 0.15) is 30.5 Å². The molecule has 3 atom stereocenters. The van der Waals surface area contributed by atoms with Gasteiger partial charge in [-0.3, -0.25) is 9.63 Å². The van der Waals surface area contributed by atoms with Crippen LogP contribution < -0.4 is 0 Å². The summed E-state index contributed by atoms with van der Waals surface area (Å²) in [6.45, 7) is 1.95. The number of hydrogen-bond donors (Lipinski definition) is 0. The number of imide groups is 1. The molecule has 0 saturated carbocycles. The number of carbonyl (C=O) groups excluding carboxylic acids is 2. The van der Waals surface area contributed by atoms with Crippen LogP contribution in [0.5, 0.6) is 0 Å². The second-order valence-corrected chi connectivity index (χ2v) is 7.59. The Balaban J connectivity index is 1.54. The molecule has 146 valence electrons. The number of nitrogens with zero attached hydrogens (tertiary/aromatic N) is 2. The first-order valence-electron chi connectivity index (χ1n) is 9.49. The van der Waals surface area contributed by atoms with Crippen LogP contribution in [0.25, 0.3) is 0 Å². The Morgan fingerprint density at radius 3 is 2.43 bits per heavy atom. The van der Waals surface area contributed by atoms with E-state index in [1.54, 1.807) is 12.0 Å². The second-order valence-electron chi connectivity index (χ2n) is 7.59. The van der Waals surface area contributed by atoms with Gasteiger partial charge in [0.15, 0.2) is 5.60 Å². The van der Waals surface area contributed by atoms with Crippen molar-refractivity contribution in [1.82, 2.24) is 9.96 Å². The van der Waals surface area contributed by atoms with Crippen LogP contribution in [-0.4, -0.2) is 47.3 Å². The number of cyclic esters (lactones) is 1. The van der Waals surface area contributed by atoms with Crippen LogP contribution in [0.2, 0.25) is 0 Å². The van der Waals surface area contributed by atoms with Gasteiger partial charge in [0.05, 0.1) is 12.1 Å². The summed E-state index contributed by atoms with van der Waals surface area (Å²) in [6, 6.07) is 19.3. The topological polar surface area (TPSA) is 59.1 Å². The standard InChI is InChI=1S/C22H24N2O4/c1-22(14-19(23(2)28-22)17-11-7-4-8-12-17)20(25)24-18(15-27-21(24)26)13-16-9-5-3-6-10-16/h3-12,18-19H,13-15H2,1-2H3/t18-,19?,22?/m0/s1. The monoisotopic (exact) mass is 380 g/mol. The van der Waals surface area contributed by atoms with Gasteiger partial charge in [0, 0.05) is 13.5 Å². The number of ether oxygens (including phenoxy) is 1. The SMILES string of the molecule is CN1OC(C)(C(=O)N2C(=O)OC[C@@H]2Cc2ccccc2)CC1c1ccccc1. The molecule has 2 aliphatic heterocycles. The predicted molar refractivity (Wildman–Crippen MR) is 103 cm³/mol. The van der Waals surface area contributed by atoms with E-state index in [0.717, 1.165) is 11.1 Å². The smallest absolute Gasteiger partial charge is 0.417 e. The van der Waals surface area contributed by atoms with Gasteiger partial charge >= 0.3 is 6.09 Å². The fraction of sp³-hybridized carbons (Fsp3) is 0.364. The van der Waals surface area contributed by atoms with Crippen molar-refractivity contribution in [3.8, 4) is 0 Å². The average molecular weight is 380 g/mol. The molecule has 0 bridgehead atoms. The summed E-state index contributed by atoms with van der Waals surface area (Å²) in [6.07, 6.45) is 0.433. The molecule has 0 aliphatic carbocycles. The lowest BCUT2D eigenvalue weighted by Crippen LogP contribution is -2.51. The van der Waals surface area contributed by atoms with Gasteiger partial charge < -0.3 is 4.74 Å². The quantitative estimate of drug-likeness (QED) is 0.814. The lowest BCUT2D eigenvalue weighted by atomic mass is 9.92. The van der Waals surface area contributed by atoms with E-state index in [9.17, 15) is 9.59 Å². The summed E-state index contributed by atoms with van der Waals surface area (Å²) >= 11 is 0. The Bertz CT molecular complexity index is 857. The molecule has 2 fully saturated rings. The van der Waals surface area contributed by atoms with Gasteiger partial charge in [-0.1, -0.05) is 60.7 Å². The Morgan fingerprint density at radius 1 is 1.11 bits per heavy atom. The Hall–Kier alpha value is -2.70. The van der Waals surface area contributed by atoms with Crippen LogP contribution >= 0.6 is 0 Å². The van der Waals surface area contributed by atoms with Crippen molar-refractivity contribution in [3.63, 3.8) is 0 Å². The van der Waals surface area contributed by atoms with Crippen LogP contribution in [0, 0.1) is 0 Å². The van der Waals surface area contributed by atoms with Crippen molar-refractivity contribution >= 4 is 12.0 Å². The van der Waals surface area contributed by atoms with E-state index in [4.69, 9.17) is 9.57 Å². The molecule has 2 unspecified atom stereocenters. The van der Waals surface area contributed by atoms with Gasteiger partial charge in [-0.15, -0.1) is 0 Å². The predicted octanol–water partition coefficient (Wildman–Crippen LogP) is 3.34. The van der Waals surface area contributed by atoms with Crippen molar-refractivity contribution in [2.45, 2.75) is 37.5 Å². The summed E-state index contributed by atoms with van der Waals surface area (Å²) in [5.41, 5.74) is 1.01. The molecule has 0 spiro atoms. The second kappa shape index (κ2) is 7.37. The number of hydroxylamine groups is 2. The maximum Gasteiger partial charge on any atom is 0.417 e. The summed E-state index contributed by atoms with van der Waals surface area (Å²) < 4.78 is 5.21. The molecular formula is C22H24N2O4. The third kappa shape index (κ3) is 3.41. The van der Waals surface area contributed by atoms with Crippen molar-refractivity contribution < 1.29 is 19.2 Å².